The van der Waals surface area contributed by atoms with Crippen LogP contribution in [-0.2, 0) is 4.79 Å². The minimum absolute atomic E-state index is 0.236. The van der Waals surface area contributed by atoms with Crippen LogP contribution in [0, 0.1) is 0 Å². The molecule has 0 saturated heterocycles. The summed E-state index contributed by atoms with van der Waals surface area (Å²) in [4.78, 5) is 24.3. The summed E-state index contributed by atoms with van der Waals surface area (Å²) in [7, 11) is 0. The SMILES string of the molecule is CCNC(=O)C(C)NC(=O)c1cn[nH]c1-c1ccc2c(c1)OCCO2. The number of ether oxygens (including phenoxy) is 2. The molecule has 25 heavy (non-hydrogen) atoms. The summed E-state index contributed by atoms with van der Waals surface area (Å²) in [5.41, 5.74) is 1.66. The molecule has 0 fully saturated rings. The number of aromatic amines is 1. The molecule has 0 saturated carbocycles. The van der Waals surface area contributed by atoms with Crippen LogP contribution in [0.1, 0.15) is 24.2 Å². The number of nitrogens with one attached hydrogen (secondary N) is 3. The molecule has 8 nitrogen and oxygen atoms in total. The maximum absolute atomic E-state index is 12.5. The van der Waals surface area contributed by atoms with Gasteiger partial charge in [0.25, 0.3) is 5.91 Å². The van der Waals surface area contributed by atoms with Crippen LogP contribution in [0.5, 0.6) is 11.5 Å². The summed E-state index contributed by atoms with van der Waals surface area (Å²) in [5.74, 6) is 0.684. The first-order valence-corrected chi connectivity index (χ1v) is 8.12. The number of benzene rings is 1. The van der Waals surface area contributed by atoms with E-state index in [0.29, 0.717) is 42.5 Å². The number of carbonyl (C=O) groups excluding carboxylic acids is 2. The molecule has 1 aromatic heterocycles. The highest BCUT2D eigenvalue weighted by Gasteiger charge is 2.21. The lowest BCUT2D eigenvalue weighted by molar-refractivity contribution is -0.122. The summed E-state index contributed by atoms with van der Waals surface area (Å²) >= 11 is 0. The largest absolute Gasteiger partial charge is 0.486 e. The van der Waals surface area contributed by atoms with Crippen molar-refractivity contribution in [2.24, 2.45) is 0 Å². The van der Waals surface area contributed by atoms with E-state index >= 15 is 0 Å². The van der Waals surface area contributed by atoms with Gasteiger partial charge in [0.2, 0.25) is 5.91 Å². The average Bonchev–Trinajstić information content (AvgIpc) is 3.11. The number of hydrogen-bond donors (Lipinski definition) is 3. The van der Waals surface area contributed by atoms with Crippen LogP contribution in [0.15, 0.2) is 24.4 Å². The highest BCUT2D eigenvalue weighted by Crippen LogP contribution is 2.34. The zero-order chi connectivity index (χ0) is 17.8. The number of carbonyl (C=O) groups is 2. The van der Waals surface area contributed by atoms with E-state index in [1.54, 1.807) is 19.1 Å². The topological polar surface area (TPSA) is 105 Å². The third-order valence-corrected chi connectivity index (χ3v) is 3.81. The van der Waals surface area contributed by atoms with Crippen molar-refractivity contribution in [2.45, 2.75) is 19.9 Å². The molecule has 0 spiro atoms. The molecule has 0 radical (unpaired) electrons. The van der Waals surface area contributed by atoms with Crippen LogP contribution >= 0.6 is 0 Å². The van der Waals surface area contributed by atoms with Gasteiger partial charge in [-0.25, -0.2) is 0 Å². The molecule has 1 unspecified atom stereocenters. The summed E-state index contributed by atoms with van der Waals surface area (Å²) in [5, 5.41) is 12.1. The highest BCUT2D eigenvalue weighted by molar-refractivity contribution is 6.01. The Kier molecular flexibility index (Phi) is 4.87. The number of rotatable bonds is 5. The summed E-state index contributed by atoms with van der Waals surface area (Å²) in [6.45, 7) is 4.96. The average molecular weight is 344 g/mol. The maximum atomic E-state index is 12.5. The van der Waals surface area contributed by atoms with Crippen LogP contribution in [0.2, 0.25) is 0 Å². The summed E-state index contributed by atoms with van der Waals surface area (Å²) in [6, 6.07) is 4.77. The van der Waals surface area contributed by atoms with Gasteiger partial charge in [-0.15, -0.1) is 0 Å². The first kappa shape index (κ1) is 16.8. The Morgan fingerprint density at radius 3 is 2.80 bits per heavy atom. The second kappa shape index (κ2) is 7.25. The Bertz CT molecular complexity index is 787. The Balaban J connectivity index is 1.80. The molecular formula is C17H20N4O4. The highest BCUT2D eigenvalue weighted by atomic mass is 16.6. The number of aromatic nitrogens is 2. The summed E-state index contributed by atoms with van der Waals surface area (Å²) < 4.78 is 11.1. The predicted octanol–water partition coefficient (Wildman–Crippen LogP) is 1.10. The van der Waals surface area contributed by atoms with E-state index in [9.17, 15) is 9.59 Å². The van der Waals surface area contributed by atoms with E-state index in [1.807, 2.05) is 13.0 Å². The van der Waals surface area contributed by atoms with Crippen molar-refractivity contribution in [1.29, 1.82) is 0 Å². The molecular weight excluding hydrogens is 324 g/mol. The Hall–Kier alpha value is -3.03. The van der Waals surface area contributed by atoms with Gasteiger partial charge < -0.3 is 20.1 Å². The number of nitrogens with zero attached hydrogens (tertiary/aromatic N) is 1. The fourth-order valence-electron chi connectivity index (χ4n) is 2.54. The lowest BCUT2D eigenvalue weighted by Crippen LogP contribution is -2.44. The molecule has 1 aliphatic rings. The molecule has 8 heteroatoms. The Morgan fingerprint density at radius 2 is 2.04 bits per heavy atom. The number of fused-ring (bicyclic) bond motifs is 1. The van der Waals surface area contributed by atoms with Gasteiger partial charge in [0.05, 0.1) is 17.5 Å². The first-order valence-electron chi connectivity index (χ1n) is 8.12. The van der Waals surface area contributed by atoms with Crippen LogP contribution in [0.4, 0.5) is 0 Å². The van der Waals surface area contributed by atoms with Gasteiger partial charge in [0, 0.05) is 12.1 Å². The van der Waals surface area contributed by atoms with Crippen molar-refractivity contribution >= 4 is 11.8 Å². The van der Waals surface area contributed by atoms with Crippen molar-refractivity contribution in [3.05, 3.63) is 30.0 Å². The van der Waals surface area contributed by atoms with Crippen LogP contribution < -0.4 is 20.1 Å². The molecule has 1 aliphatic heterocycles. The second-order valence-electron chi connectivity index (χ2n) is 5.61. The zero-order valence-corrected chi connectivity index (χ0v) is 14.1. The van der Waals surface area contributed by atoms with Crippen molar-refractivity contribution < 1.29 is 19.1 Å². The monoisotopic (exact) mass is 344 g/mol. The molecule has 2 amide bonds. The van der Waals surface area contributed by atoms with E-state index in [2.05, 4.69) is 20.8 Å². The molecule has 3 N–H and O–H groups in total. The molecule has 0 bridgehead atoms. The minimum Gasteiger partial charge on any atom is -0.486 e. The van der Waals surface area contributed by atoms with Gasteiger partial charge in [-0.3, -0.25) is 14.7 Å². The molecule has 0 aliphatic carbocycles. The molecule has 1 aromatic carbocycles. The number of hydrogen-bond acceptors (Lipinski definition) is 5. The Morgan fingerprint density at radius 1 is 1.28 bits per heavy atom. The Labute approximate surface area is 144 Å². The normalized spacial score (nSPS) is 13.8. The van der Waals surface area contributed by atoms with Gasteiger partial charge in [-0.2, -0.15) is 5.10 Å². The maximum Gasteiger partial charge on any atom is 0.255 e. The molecule has 1 atom stereocenters. The van der Waals surface area contributed by atoms with Gasteiger partial charge in [0.1, 0.15) is 19.3 Å². The fraction of sp³-hybridized carbons (Fsp3) is 0.353. The predicted molar refractivity (Wildman–Crippen MR) is 90.6 cm³/mol. The van der Waals surface area contributed by atoms with Crippen molar-refractivity contribution in [3.63, 3.8) is 0 Å². The van der Waals surface area contributed by atoms with Crippen molar-refractivity contribution in [2.75, 3.05) is 19.8 Å². The van der Waals surface area contributed by atoms with Gasteiger partial charge in [-0.05, 0) is 32.0 Å². The summed E-state index contributed by atoms with van der Waals surface area (Å²) in [6.07, 6.45) is 1.44. The van der Waals surface area contributed by atoms with Crippen LogP contribution in [0.25, 0.3) is 11.3 Å². The van der Waals surface area contributed by atoms with Crippen molar-refractivity contribution in [1.82, 2.24) is 20.8 Å². The van der Waals surface area contributed by atoms with E-state index in [1.165, 1.54) is 6.20 Å². The van der Waals surface area contributed by atoms with Gasteiger partial charge in [-0.1, -0.05) is 0 Å². The third kappa shape index (κ3) is 3.57. The third-order valence-electron chi connectivity index (χ3n) is 3.81. The van der Waals surface area contributed by atoms with E-state index in [-0.39, 0.29) is 11.8 Å². The number of likely N-dealkylation sites (N-methyl/N-ethyl adjacent to an activating group) is 1. The smallest absolute Gasteiger partial charge is 0.255 e. The molecule has 2 aromatic rings. The number of amides is 2. The lowest BCUT2D eigenvalue weighted by Gasteiger charge is -2.19. The van der Waals surface area contributed by atoms with Crippen molar-refractivity contribution in [3.8, 4) is 22.8 Å². The zero-order valence-electron chi connectivity index (χ0n) is 14.1. The molecule has 3 rings (SSSR count). The van der Waals surface area contributed by atoms with Crippen LogP contribution in [-0.4, -0.2) is 47.8 Å². The minimum atomic E-state index is -0.643. The van der Waals surface area contributed by atoms with Gasteiger partial charge in [0.15, 0.2) is 11.5 Å². The quantitative estimate of drug-likeness (QED) is 0.753. The van der Waals surface area contributed by atoms with Crippen LogP contribution in [0.3, 0.4) is 0 Å². The number of H-pyrrole nitrogens is 1. The molecule has 2 heterocycles. The standard InChI is InChI=1S/C17H20N4O4/c1-3-18-16(22)10(2)20-17(23)12-9-19-21-15(12)11-4-5-13-14(8-11)25-7-6-24-13/h4-5,8-10H,3,6-7H2,1-2H3,(H,18,22)(H,19,21)(H,20,23). The van der Waals surface area contributed by atoms with E-state index in [0.717, 1.165) is 5.56 Å². The van der Waals surface area contributed by atoms with Gasteiger partial charge >= 0.3 is 0 Å². The lowest BCUT2D eigenvalue weighted by atomic mass is 10.1. The van der Waals surface area contributed by atoms with E-state index in [4.69, 9.17) is 9.47 Å². The first-order chi connectivity index (χ1) is 12.1. The molecule has 132 valence electrons. The second-order valence-corrected chi connectivity index (χ2v) is 5.61. The fourth-order valence-corrected chi connectivity index (χ4v) is 2.54. The van der Waals surface area contributed by atoms with E-state index < -0.39 is 6.04 Å².